The summed E-state index contributed by atoms with van der Waals surface area (Å²) in [4.78, 5) is 7.96. The lowest BCUT2D eigenvalue weighted by atomic mass is 10.3. The van der Waals surface area contributed by atoms with Gasteiger partial charge in [-0.3, -0.25) is 0 Å². The Morgan fingerprint density at radius 1 is 1.38 bits per heavy atom. The molecule has 2 rings (SSSR count). The molecule has 2 heterocycles. The van der Waals surface area contributed by atoms with E-state index in [1.54, 1.807) is 25.3 Å². The zero-order chi connectivity index (χ0) is 9.26. The zero-order valence-electron chi connectivity index (χ0n) is 6.86. The Bertz CT molecular complexity index is 410. The fourth-order valence-corrected chi connectivity index (χ4v) is 1.04. The molecule has 0 aliphatic heterocycles. The molecule has 0 aliphatic rings. The molecule has 66 valence electrons. The lowest BCUT2D eigenvalue weighted by Gasteiger charge is -1.91. The standard InChI is InChI=1S/C8H6ClN3O/c1-5-11-8(12-13-5)6-2-3-7(9)10-4-6/h2-4H,1H3. The molecule has 0 aromatic carbocycles. The smallest absolute Gasteiger partial charge is 0.223 e. The summed E-state index contributed by atoms with van der Waals surface area (Å²) in [7, 11) is 0. The van der Waals surface area contributed by atoms with Crippen LogP contribution in [0.15, 0.2) is 22.9 Å². The predicted octanol–water partition coefficient (Wildman–Crippen LogP) is 2.09. The van der Waals surface area contributed by atoms with Crippen LogP contribution in [0.1, 0.15) is 5.89 Å². The van der Waals surface area contributed by atoms with Gasteiger partial charge in [0.15, 0.2) is 0 Å². The molecular formula is C8H6ClN3O. The summed E-state index contributed by atoms with van der Waals surface area (Å²) < 4.78 is 4.83. The molecule has 0 N–H and O–H groups in total. The maximum Gasteiger partial charge on any atom is 0.223 e. The van der Waals surface area contributed by atoms with Crippen LogP contribution in [0.5, 0.6) is 0 Å². The largest absolute Gasteiger partial charge is 0.339 e. The first-order chi connectivity index (χ1) is 6.25. The van der Waals surface area contributed by atoms with Crippen LogP contribution in [-0.4, -0.2) is 15.1 Å². The molecule has 0 unspecified atom stereocenters. The Kier molecular flexibility index (Phi) is 1.98. The Morgan fingerprint density at radius 2 is 2.23 bits per heavy atom. The van der Waals surface area contributed by atoms with Gasteiger partial charge in [-0.25, -0.2) is 4.98 Å². The highest BCUT2D eigenvalue weighted by atomic mass is 35.5. The van der Waals surface area contributed by atoms with Gasteiger partial charge in [0.1, 0.15) is 5.15 Å². The van der Waals surface area contributed by atoms with E-state index in [9.17, 15) is 0 Å². The minimum atomic E-state index is 0.448. The van der Waals surface area contributed by atoms with Gasteiger partial charge in [-0.2, -0.15) is 4.98 Å². The fraction of sp³-hybridized carbons (Fsp3) is 0.125. The summed E-state index contributed by atoms with van der Waals surface area (Å²) in [5.41, 5.74) is 0.793. The van der Waals surface area contributed by atoms with Gasteiger partial charge in [0.05, 0.1) is 0 Å². The third-order valence-corrected chi connectivity index (χ3v) is 1.74. The van der Waals surface area contributed by atoms with Crippen molar-refractivity contribution in [3.8, 4) is 11.4 Å². The second-order valence-corrected chi connectivity index (χ2v) is 2.89. The first-order valence-corrected chi connectivity index (χ1v) is 4.06. The van der Waals surface area contributed by atoms with E-state index in [2.05, 4.69) is 15.1 Å². The maximum absolute atomic E-state index is 5.63. The van der Waals surface area contributed by atoms with Crippen LogP contribution in [0, 0.1) is 6.92 Å². The van der Waals surface area contributed by atoms with Crippen LogP contribution >= 0.6 is 11.6 Å². The highest BCUT2D eigenvalue weighted by Crippen LogP contribution is 2.15. The summed E-state index contributed by atoms with van der Waals surface area (Å²) in [5, 5.41) is 4.19. The summed E-state index contributed by atoms with van der Waals surface area (Å²) in [6.45, 7) is 1.74. The molecule has 2 aromatic rings. The maximum atomic E-state index is 5.63. The molecule has 0 aliphatic carbocycles. The number of halogens is 1. The van der Waals surface area contributed by atoms with Crippen molar-refractivity contribution < 1.29 is 4.52 Å². The van der Waals surface area contributed by atoms with Gasteiger partial charge in [0, 0.05) is 18.7 Å². The molecule has 0 saturated carbocycles. The minimum absolute atomic E-state index is 0.448. The van der Waals surface area contributed by atoms with Gasteiger partial charge in [0.25, 0.3) is 0 Å². The van der Waals surface area contributed by atoms with E-state index in [0.717, 1.165) is 5.56 Å². The summed E-state index contributed by atoms with van der Waals surface area (Å²) in [6, 6.07) is 3.47. The van der Waals surface area contributed by atoms with Crippen molar-refractivity contribution in [2.45, 2.75) is 6.92 Å². The van der Waals surface area contributed by atoms with Crippen molar-refractivity contribution in [1.29, 1.82) is 0 Å². The number of pyridine rings is 1. The first-order valence-electron chi connectivity index (χ1n) is 3.68. The topological polar surface area (TPSA) is 51.8 Å². The summed E-state index contributed by atoms with van der Waals surface area (Å²) in [5.74, 6) is 1.06. The number of nitrogens with zero attached hydrogens (tertiary/aromatic N) is 3. The highest BCUT2D eigenvalue weighted by Gasteiger charge is 2.04. The van der Waals surface area contributed by atoms with Crippen molar-refractivity contribution in [2.75, 3.05) is 0 Å². The van der Waals surface area contributed by atoms with Crippen LogP contribution < -0.4 is 0 Å². The van der Waals surface area contributed by atoms with Gasteiger partial charge < -0.3 is 4.52 Å². The number of aryl methyl sites for hydroxylation is 1. The number of hydrogen-bond acceptors (Lipinski definition) is 4. The Morgan fingerprint density at radius 3 is 2.77 bits per heavy atom. The summed E-state index contributed by atoms with van der Waals surface area (Å²) >= 11 is 5.63. The molecule has 4 nitrogen and oxygen atoms in total. The quantitative estimate of drug-likeness (QED) is 0.654. The summed E-state index contributed by atoms with van der Waals surface area (Å²) in [6.07, 6.45) is 1.60. The molecule has 0 bridgehead atoms. The zero-order valence-corrected chi connectivity index (χ0v) is 7.62. The van der Waals surface area contributed by atoms with Gasteiger partial charge in [-0.1, -0.05) is 16.8 Å². The molecule has 13 heavy (non-hydrogen) atoms. The lowest BCUT2D eigenvalue weighted by Crippen LogP contribution is -1.82. The van der Waals surface area contributed by atoms with Crippen molar-refractivity contribution >= 4 is 11.6 Å². The molecule has 0 amide bonds. The molecule has 0 radical (unpaired) electrons. The average molecular weight is 196 g/mol. The number of hydrogen-bond donors (Lipinski definition) is 0. The fourth-order valence-electron chi connectivity index (χ4n) is 0.925. The number of rotatable bonds is 1. The van der Waals surface area contributed by atoms with Crippen molar-refractivity contribution in [3.63, 3.8) is 0 Å². The molecule has 0 saturated heterocycles. The molecule has 2 aromatic heterocycles. The van der Waals surface area contributed by atoms with Crippen LogP contribution in [0.25, 0.3) is 11.4 Å². The van der Waals surface area contributed by atoms with Crippen molar-refractivity contribution in [3.05, 3.63) is 29.4 Å². The predicted molar refractivity (Wildman–Crippen MR) is 47.3 cm³/mol. The van der Waals surface area contributed by atoms with E-state index in [-0.39, 0.29) is 0 Å². The van der Waals surface area contributed by atoms with E-state index in [1.807, 2.05) is 0 Å². The Balaban J connectivity index is 2.41. The Hall–Kier alpha value is -1.42. The van der Waals surface area contributed by atoms with Crippen molar-refractivity contribution in [1.82, 2.24) is 15.1 Å². The van der Waals surface area contributed by atoms with Crippen LogP contribution in [0.3, 0.4) is 0 Å². The van der Waals surface area contributed by atoms with Crippen molar-refractivity contribution in [2.24, 2.45) is 0 Å². The molecule has 0 fully saturated rings. The third kappa shape index (κ3) is 1.67. The highest BCUT2D eigenvalue weighted by molar-refractivity contribution is 6.29. The second-order valence-electron chi connectivity index (χ2n) is 2.51. The van der Waals surface area contributed by atoms with Gasteiger partial charge in [-0.15, -0.1) is 0 Å². The van der Waals surface area contributed by atoms with Gasteiger partial charge in [-0.05, 0) is 12.1 Å². The lowest BCUT2D eigenvalue weighted by molar-refractivity contribution is 0.394. The van der Waals surface area contributed by atoms with Gasteiger partial charge >= 0.3 is 0 Å². The van der Waals surface area contributed by atoms with E-state index >= 15 is 0 Å². The van der Waals surface area contributed by atoms with Gasteiger partial charge in [0.2, 0.25) is 11.7 Å². The monoisotopic (exact) mass is 195 g/mol. The van der Waals surface area contributed by atoms with Crippen LogP contribution in [0.4, 0.5) is 0 Å². The van der Waals surface area contributed by atoms with E-state index in [4.69, 9.17) is 16.1 Å². The van der Waals surface area contributed by atoms with E-state index < -0.39 is 0 Å². The van der Waals surface area contributed by atoms with E-state index in [1.165, 1.54) is 0 Å². The molecule has 0 atom stereocenters. The van der Waals surface area contributed by atoms with E-state index in [0.29, 0.717) is 16.9 Å². The SMILES string of the molecule is Cc1nc(-c2ccc(Cl)nc2)no1. The second kappa shape index (κ2) is 3.14. The van der Waals surface area contributed by atoms with Crippen LogP contribution in [-0.2, 0) is 0 Å². The third-order valence-electron chi connectivity index (χ3n) is 1.51. The minimum Gasteiger partial charge on any atom is -0.339 e. The normalized spacial score (nSPS) is 10.3. The number of aromatic nitrogens is 3. The first kappa shape index (κ1) is 8.19. The Labute approximate surface area is 79.6 Å². The average Bonchev–Trinajstić information content (AvgIpc) is 2.53. The molecule has 5 heteroatoms. The molecular weight excluding hydrogens is 190 g/mol. The van der Waals surface area contributed by atoms with Crippen LogP contribution in [0.2, 0.25) is 5.15 Å². The molecule has 0 spiro atoms.